The van der Waals surface area contributed by atoms with Crippen LogP contribution in [0.25, 0.3) is 0 Å². The van der Waals surface area contributed by atoms with Crippen LogP contribution in [0.15, 0.2) is 52.0 Å². The van der Waals surface area contributed by atoms with Crippen LogP contribution in [0.3, 0.4) is 0 Å². The van der Waals surface area contributed by atoms with E-state index < -0.39 is 17.6 Å². The first-order valence-corrected chi connectivity index (χ1v) is 10.6. The van der Waals surface area contributed by atoms with E-state index in [1.807, 2.05) is 0 Å². The minimum Gasteiger partial charge on any atom is -0.455 e. The van der Waals surface area contributed by atoms with Crippen molar-refractivity contribution in [2.24, 2.45) is 5.10 Å². The van der Waals surface area contributed by atoms with Crippen molar-refractivity contribution in [1.82, 2.24) is 5.43 Å². The predicted molar refractivity (Wildman–Crippen MR) is 121 cm³/mol. The summed E-state index contributed by atoms with van der Waals surface area (Å²) < 4.78 is 18.9. The van der Waals surface area contributed by atoms with Gasteiger partial charge in [-0.25, -0.2) is 9.82 Å². The summed E-state index contributed by atoms with van der Waals surface area (Å²) >= 11 is 12.0. The Balaban J connectivity index is 1.57. The van der Waals surface area contributed by atoms with Gasteiger partial charge in [0.25, 0.3) is 11.8 Å². The molecule has 0 aliphatic heterocycles. The summed E-state index contributed by atoms with van der Waals surface area (Å²) in [7, 11) is 0. The van der Waals surface area contributed by atoms with Gasteiger partial charge >= 0.3 is 0 Å². The molecule has 0 bridgehead atoms. The molecular formula is C23H18Cl2FN3O3. The Morgan fingerprint density at radius 1 is 1.03 bits per heavy atom. The number of anilines is 1. The zero-order valence-electron chi connectivity index (χ0n) is 17.0. The number of nitrogens with one attached hydrogen (secondary N) is 2. The quantitative estimate of drug-likeness (QED) is 0.472. The molecule has 6 nitrogen and oxygen atoms in total. The number of carbonyl (C=O) groups excluding carboxylic acids is 2. The van der Waals surface area contributed by atoms with Gasteiger partial charge in [0.2, 0.25) is 0 Å². The maximum Gasteiger partial charge on any atom is 0.291 e. The number of fused-ring (bicyclic) bond motifs is 1. The molecule has 0 saturated carbocycles. The molecule has 2 aromatic carbocycles. The van der Waals surface area contributed by atoms with Crippen LogP contribution in [0.2, 0.25) is 10.0 Å². The van der Waals surface area contributed by atoms with Crippen molar-refractivity contribution in [1.29, 1.82) is 0 Å². The number of benzene rings is 2. The van der Waals surface area contributed by atoms with Crippen molar-refractivity contribution in [3.63, 3.8) is 0 Å². The number of halogens is 3. The molecule has 2 N–H and O–H groups in total. The normalized spacial score (nSPS) is 14.2. The second kappa shape index (κ2) is 9.14. The molecule has 164 valence electrons. The van der Waals surface area contributed by atoms with Crippen LogP contribution in [-0.4, -0.2) is 17.5 Å². The van der Waals surface area contributed by atoms with Crippen molar-refractivity contribution >= 4 is 46.4 Å². The highest BCUT2D eigenvalue weighted by atomic mass is 35.5. The summed E-state index contributed by atoms with van der Waals surface area (Å²) in [5.41, 5.74) is 5.19. The van der Waals surface area contributed by atoms with E-state index in [1.54, 1.807) is 25.1 Å². The molecular weight excluding hydrogens is 456 g/mol. The number of hydrogen-bond donors (Lipinski definition) is 2. The van der Waals surface area contributed by atoms with Gasteiger partial charge in [-0.3, -0.25) is 9.59 Å². The number of amides is 2. The SMILES string of the molecule is Cc1c(C(=O)Nc2cc(Cl)cc(Cl)c2)oc2c1/C(=N/NC(=O)c1ccc(F)cc1)CCC2. The first kappa shape index (κ1) is 22.0. The fourth-order valence-electron chi connectivity index (χ4n) is 3.59. The average molecular weight is 474 g/mol. The van der Waals surface area contributed by atoms with Crippen molar-refractivity contribution in [2.45, 2.75) is 26.2 Å². The highest BCUT2D eigenvalue weighted by Crippen LogP contribution is 2.31. The molecule has 0 fully saturated rings. The minimum absolute atomic E-state index is 0.158. The van der Waals surface area contributed by atoms with Gasteiger partial charge in [-0.1, -0.05) is 23.2 Å². The first-order valence-electron chi connectivity index (χ1n) is 9.84. The highest BCUT2D eigenvalue weighted by Gasteiger charge is 2.28. The zero-order valence-corrected chi connectivity index (χ0v) is 18.5. The fraction of sp³-hybridized carbons (Fsp3) is 0.174. The maximum absolute atomic E-state index is 13.1. The van der Waals surface area contributed by atoms with Gasteiger partial charge < -0.3 is 9.73 Å². The topological polar surface area (TPSA) is 83.7 Å². The summed E-state index contributed by atoms with van der Waals surface area (Å²) in [5, 5.41) is 7.80. The van der Waals surface area contributed by atoms with Crippen LogP contribution in [0, 0.1) is 12.7 Å². The average Bonchev–Trinajstić information content (AvgIpc) is 3.09. The molecule has 1 aliphatic carbocycles. The molecule has 0 saturated heterocycles. The molecule has 4 rings (SSSR count). The van der Waals surface area contributed by atoms with E-state index in [4.69, 9.17) is 27.6 Å². The van der Waals surface area contributed by atoms with Crippen molar-refractivity contribution in [3.8, 4) is 0 Å². The largest absolute Gasteiger partial charge is 0.455 e. The predicted octanol–water partition coefficient (Wildman–Crippen LogP) is 5.76. The number of nitrogens with zero attached hydrogens (tertiary/aromatic N) is 1. The fourth-order valence-corrected chi connectivity index (χ4v) is 4.12. The molecule has 1 aromatic heterocycles. The van der Waals surface area contributed by atoms with Crippen LogP contribution < -0.4 is 10.7 Å². The molecule has 0 atom stereocenters. The number of hydrogen-bond acceptors (Lipinski definition) is 4. The molecule has 32 heavy (non-hydrogen) atoms. The van der Waals surface area contributed by atoms with Gasteiger partial charge in [0, 0.05) is 38.8 Å². The second-order valence-electron chi connectivity index (χ2n) is 7.33. The Labute approximate surface area is 193 Å². The summed E-state index contributed by atoms with van der Waals surface area (Å²) in [6, 6.07) is 9.91. The van der Waals surface area contributed by atoms with E-state index in [2.05, 4.69) is 15.8 Å². The Bertz CT molecular complexity index is 1220. The number of furan rings is 1. The van der Waals surface area contributed by atoms with Gasteiger partial charge in [-0.15, -0.1) is 0 Å². The number of aryl methyl sites for hydroxylation is 1. The van der Waals surface area contributed by atoms with Crippen LogP contribution >= 0.6 is 23.2 Å². The molecule has 9 heteroatoms. The van der Waals surface area contributed by atoms with Gasteiger partial charge in [-0.05, 0) is 62.2 Å². The maximum atomic E-state index is 13.1. The van der Waals surface area contributed by atoms with Gasteiger partial charge in [0.15, 0.2) is 5.76 Å². The number of hydrazone groups is 1. The lowest BCUT2D eigenvalue weighted by Gasteiger charge is -2.13. The number of rotatable bonds is 4. The van der Waals surface area contributed by atoms with Crippen LogP contribution in [0.5, 0.6) is 0 Å². The van der Waals surface area contributed by atoms with Crippen molar-refractivity contribution in [2.75, 3.05) is 5.32 Å². The Morgan fingerprint density at radius 2 is 1.72 bits per heavy atom. The van der Waals surface area contributed by atoms with Crippen molar-refractivity contribution < 1.29 is 18.4 Å². The Kier molecular flexibility index (Phi) is 6.30. The lowest BCUT2D eigenvalue weighted by atomic mass is 9.93. The molecule has 2 amide bonds. The molecule has 1 aliphatic rings. The molecule has 0 unspecified atom stereocenters. The van der Waals surface area contributed by atoms with E-state index >= 15 is 0 Å². The van der Waals surface area contributed by atoms with E-state index in [0.29, 0.717) is 51.2 Å². The monoisotopic (exact) mass is 473 g/mol. The Morgan fingerprint density at radius 3 is 2.41 bits per heavy atom. The zero-order chi connectivity index (χ0) is 22.8. The molecule has 3 aromatic rings. The molecule has 0 radical (unpaired) electrons. The van der Waals surface area contributed by atoms with Gasteiger partial charge in [0.1, 0.15) is 11.6 Å². The lowest BCUT2D eigenvalue weighted by molar-refractivity contribution is 0.0953. The van der Waals surface area contributed by atoms with Gasteiger partial charge in [0.05, 0.1) is 5.71 Å². The van der Waals surface area contributed by atoms with Gasteiger partial charge in [-0.2, -0.15) is 5.10 Å². The first-order chi connectivity index (χ1) is 15.3. The van der Waals surface area contributed by atoms with E-state index in [1.165, 1.54) is 24.3 Å². The van der Waals surface area contributed by atoms with Crippen LogP contribution in [0.4, 0.5) is 10.1 Å². The van der Waals surface area contributed by atoms with Crippen LogP contribution in [-0.2, 0) is 6.42 Å². The van der Waals surface area contributed by atoms with Crippen molar-refractivity contribution in [3.05, 3.63) is 86.5 Å². The van der Waals surface area contributed by atoms with E-state index in [0.717, 1.165) is 6.42 Å². The summed E-state index contributed by atoms with van der Waals surface area (Å²) in [4.78, 5) is 25.1. The van der Waals surface area contributed by atoms with Crippen LogP contribution in [0.1, 0.15) is 50.6 Å². The molecule has 1 heterocycles. The highest BCUT2D eigenvalue weighted by molar-refractivity contribution is 6.35. The summed E-state index contributed by atoms with van der Waals surface area (Å²) in [5.74, 6) is -0.528. The summed E-state index contributed by atoms with van der Waals surface area (Å²) in [6.07, 6.45) is 2.02. The standard InChI is InChI=1S/C23H18Cl2FN3O3/c1-12-20-18(28-29-22(30)13-5-7-16(26)8-6-13)3-2-4-19(20)32-21(12)23(31)27-17-10-14(24)9-15(25)11-17/h5-11H,2-4H2,1H3,(H,27,31)(H,29,30)/b28-18+. The smallest absolute Gasteiger partial charge is 0.291 e. The Hall–Kier alpha value is -3.16. The second-order valence-corrected chi connectivity index (χ2v) is 8.20. The third-order valence-corrected chi connectivity index (χ3v) is 5.49. The third-order valence-electron chi connectivity index (χ3n) is 5.05. The summed E-state index contributed by atoms with van der Waals surface area (Å²) in [6.45, 7) is 1.77. The minimum atomic E-state index is -0.457. The third kappa shape index (κ3) is 4.69. The molecule has 0 spiro atoms. The van der Waals surface area contributed by atoms with E-state index in [-0.39, 0.29) is 11.3 Å². The van der Waals surface area contributed by atoms with E-state index in [9.17, 15) is 14.0 Å². The number of carbonyl (C=O) groups is 2. The lowest BCUT2D eigenvalue weighted by Crippen LogP contribution is -2.22.